The second-order valence-corrected chi connectivity index (χ2v) is 4.34. The largest absolute Gasteiger partial charge is 0.508 e. The maximum Gasteiger partial charge on any atom is 0.146 e. The van der Waals surface area contributed by atoms with Crippen LogP contribution in [0.3, 0.4) is 0 Å². The summed E-state index contributed by atoms with van der Waals surface area (Å²) in [5.74, 6) is 2.21. The zero-order chi connectivity index (χ0) is 11.6. The molecule has 90 valence electrons. The molecule has 0 atom stereocenters. The average Bonchev–Trinajstić information content (AvgIpc) is 2.30. The highest BCUT2D eigenvalue weighted by molar-refractivity contribution is 7.98. The normalized spacial score (nSPS) is 10.6. The van der Waals surface area contributed by atoms with Crippen molar-refractivity contribution in [2.75, 3.05) is 25.8 Å². The summed E-state index contributed by atoms with van der Waals surface area (Å²) in [5.41, 5.74) is 1.22. The van der Waals surface area contributed by atoms with Crippen LogP contribution < -0.4 is 0 Å². The van der Waals surface area contributed by atoms with Gasteiger partial charge in [-0.2, -0.15) is 11.8 Å². The maximum atomic E-state index is 9.11. The van der Waals surface area contributed by atoms with E-state index >= 15 is 0 Å². The third kappa shape index (κ3) is 6.00. The van der Waals surface area contributed by atoms with Gasteiger partial charge in [0.05, 0.1) is 6.61 Å². The molecule has 0 saturated heterocycles. The van der Waals surface area contributed by atoms with E-state index in [1.807, 2.05) is 30.8 Å². The summed E-state index contributed by atoms with van der Waals surface area (Å²) in [6.07, 6.45) is 0. The van der Waals surface area contributed by atoms with E-state index in [9.17, 15) is 0 Å². The van der Waals surface area contributed by atoms with Crippen molar-refractivity contribution in [3.63, 3.8) is 0 Å². The van der Waals surface area contributed by atoms with E-state index in [-0.39, 0.29) is 0 Å². The van der Waals surface area contributed by atoms with E-state index in [0.29, 0.717) is 25.8 Å². The molecule has 0 aromatic heterocycles. The first kappa shape index (κ1) is 13.4. The lowest BCUT2D eigenvalue weighted by Crippen LogP contribution is -2.02. The van der Waals surface area contributed by atoms with E-state index < -0.39 is 0 Å². The summed E-state index contributed by atoms with van der Waals surface area (Å²) < 4.78 is 10.3. The molecule has 0 amide bonds. The average molecular weight is 242 g/mol. The lowest BCUT2D eigenvalue weighted by atomic mass is 10.2. The van der Waals surface area contributed by atoms with Gasteiger partial charge in [-0.3, -0.25) is 0 Å². The van der Waals surface area contributed by atoms with Gasteiger partial charge in [-0.15, -0.1) is 0 Å². The fraction of sp³-hybridized carbons (Fsp3) is 0.500. The number of hydrogen-bond acceptors (Lipinski definition) is 4. The number of hydrogen-bond donors (Lipinski definition) is 1. The van der Waals surface area contributed by atoms with E-state index in [2.05, 4.69) is 0 Å². The molecule has 1 aromatic carbocycles. The van der Waals surface area contributed by atoms with Crippen molar-refractivity contribution >= 4 is 11.8 Å². The van der Waals surface area contributed by atoms with Crippen LogP contribution in [0.5, 0.6) is 5.75 Å². The molecule has 0 radical (unpaired) electrons. The Labute approximate surface area is 101 Å². The van der Waals surface area contributed by atoms with Gasteiger partial charge in [0.25, 0.3) is 0 Å². The quantitative estimate of drug-likeness (QED) is 0.562. The Hall–Kier alpha value is -0.710. The number of thioether (sulfide) groups is 1. The molecule has 16 heavy (non-hydrogen) atoms. The molecular formula is C12H18O3S. The van der Waals surface area contributed by atoms with Gasteiger partial charge in [0.15, 0.2) is 0 Å². The molecule has 3 nitrogen and oxygen atoms in total. The number of rotatable bonds is 8. The van der Waals surface area contributed by atoms with Crippen molar-refractivity contribution in [1.29, 1.82) is 0 Å². The Bertz CT molecular complexity index is 274. The van der Waals surface area contributed by atoms with Crippen LogP contribution in [0.25, 0.3) is 0 Å². The van der Waals surface area contributed by atoms with Gasteiger partial charge in [-0.25, -0.2) is 0 Å². The minimum atomic E-state index is 0.314. The van der Waals surface area contributed by atoms with Crippen LogP contribution in [0.2, 0.25) is 0 Å². The summed E-state index contributed by atoms with van der Waals surface area (Å²) in [5, 5.41) is 9.11. The fourth-order valence-corrected chi connectivity index (χ4v) is 1.91. The smallest absolute Gasteiger partial charge is 0.146 e. The summed E-state index contributed by atoms with van der Waals surface area (Å²) in [6.45, 7) is 3.74. The van der Waals surface area contributed by atoms with E-state index in [4.69, 9.17) is 14.6 Å². The topological polar surface area (TPSA) is 38.7 Å². The predicted octanol–water partition coefficient (Wildman–Crippen LogP) is 2.64. The van der Waals surface area contributed by atoms with Crippen LogP contribution in [0.15, 0.2) is 24.3 Å². The first-order chi connectivity index (χ1) is 7.83. The number of aromatic hydroxyl groups is 1. The Morgan fingerprint density at radius 1 is 1.19 bits per heavy atom. The molecular weight excluding hydrogens is 224 g/mol. The maximum absolute atomic E-state index is 9.11. The second kappa shape index (κ2) is 8.44. The summed E-state index contributed by atoms with van der Waals surface area (Å²) >= 11 is 1.81. The molecule has 0 saturated carbocycles. The van der Waals surface area contributed by atoms with Crippen LogP contribution in [0, 0.1) is 0 Å². The molecule has 0 spiro atoms. The summed E-state index contributed by atoms with van der Waals surface area (Å²) in [7, 11) is 0. The molecule has 1 rings (SSSR count). The molecule has 0 aliphatic carbocycles. The molecule has 0 aliphatic rings. The molecule has 4 heteroatoms. The zero-order valence-corrected chi connectivity index (χ0v) is 10.3. The number of phenolic OH excluding ortho intramolecular Hbond substituents is 1. The van der Waals surface area contributed by atoms with Gasteiger partial charge in [-0.05, 0) is 24.6 Å². The van der Waals surface area contributed by atoms with Crippen LogP contribution in [0.1, 0.15) is 12.5 Å². The lowest BCUT2D eigenvalue weighted by Gasteiger charge is -2.04. The minimum Gasteiger partial charge on any atom is -0.508 e. The standard InChI is InChI=1S/C12H18O3S/c1-2-14-10-15-7-8-16-9-11-3-5-12(13)6-4-11/h3-6,13H,2,7-10H2,1H3. The summed E-state index contributed by atoms with van der Waals surface area (Å²) in [4.78, 5) is 0. The third-order valence-corrected chi connectivity index (χ3v) is 2.94. The molecule has 0 heterocycles. The SMILES string of the molecule is CCOCOCCSCc1ccc(O)cc1. The third-order valence-electron chi connectivity index (χ3n) is 1.95. The first-order valence-corrected chi connectivity index (χ1v) is 6.49. The first-order valence-electron chi connectivity index (χ1n) is 5.34. The van der Waals surface area contributed by atoms with Crippen molar-refractivity contribution < 1.29 is 14.6 Å². The van der Waals surface area contributed by atoms with Gasteiger partial charge < -0.3 is 14.6 Å². The highest BCUT2D eigenvalue weighted by Crippen LogP contribution is 2.15. The van der Waals surface area contributed by atoms with Crippen molar-refractivity contribution in [2.45, 2.75) is 12.7 Å². The van der Waals surface area contributed by atoms with Gasteiger partial charge in [0, 0.05) is 18.1 Å². The van der Waals surface area contributed by atoms with Crippen molar-refractivity contribution in [3.8, 4) is 5.75 Å². The van der Waals surface area contributed by atoms with Crippen molar-refractivity contribution in [1.82, 2.24) is 0 Å². The van der Waals surface area contributed by atoms with Gasteiger partial charge in [0.2, 0.25) is 0 Å². The number of ether oxygens (including phenoxy) is 2. The lowest BCUT2D eigenvalue weighted by molar-refractivity contribution is -0.0435. The van der Waals surface area contributed by atoms with E-state index in [0.717, 1.165) is 11.5 Å². The molecule has 0 unspecified atom stereocenters. The molecule has 1 N–H and O–H groups in total. The number of benzene rings is 1. The van der Waals surface area contributed by atoms with E-state index in [1.54, 1.807) is 12.1 Å². The van der Waals surface area contributed by atoms with E-state index in [1.165, 1.54) is 5.56 Å². The highest BCUT2D eigenvalue weighted by Gasteiger charge is 1.94. The minimum absolute atomic E-state index is 0.314. The zero-order valence-electron chi connectivity index (χ0n) is 9.52. The van der Waals surface area contributed by atoms with Crippen LogP contribution in [-0.2, 0) is 15.2 Å². The van der Waals surface area contributed by atoms with Crippen molar-refractivity contribution in [3.05, 3.63) is 29.8 Å². The Morgan fingerprint density at radius 2 is 1.94 bits per heavy atom. The molecule has 1 aromatic rings. The predicted molar refractivity (Wildman–Crippen MR) is 66.7 cm³/mol. The van der Waals surface area contributed by atoms with Crippen LogP contribution in [-0.4, -0.2) is 30.9 Å². The molecule has 0 bridgehead atoms. The highest BCUT2D eigenvalue weighted by atomic mass is 32.2. The summed E-state index contributed by atoms with van der Waals surface area (Å²) in [6, 6.07) is 7.29. The van der Waals surface area contributed by atoms with Crippen LogP contribution in [0.4, 0.5) is 0 Å². The van der Waals surface area contributed by atoms with Gasteiger partial charge >= 0.3 is 0 Å². The van der Waals surface area contributed by atoms with Crippen molar-refractivity contribution in [2.24, 2.45) is 0 Å². The molecule has 0 aliphatic heterocycles. The van der Waals surface area contributed by atoms with Gasteiger partial charge in [-0.1, -0.05) is 12.1 Å². The Morgan fingerprint density at radius 3 is 2.62 bits per heavy atom. The van der Waals surface area contributed by atoms with Crippen LogP contribution >= 0.6 is 11.8 Å². The fourth-order valence-electron chi connectivity index (χ4n) is 1.10. The van der Waals surface area contributed by atoms with Gasteiger partial charge in [0.1, 0.15) is 12.5 Å². The Kier molecular flexibility index (Phi) is 7.05. The number of phenols is 1. The molecule has 0 fully saturated rings. The Balaban J connectivity index is 2.01. The second-order valence-electron chi connectivity index (χ2n) is 3.24. The monoisotopic (exact) mass is 242 g/mol.